The Morgan fingerprint density at radius 1 is 1.28 bits per heavy atom. The molecule has 100 valence electrons. The van der Waals surface area contributed by atoms with Crippen LogP contribution >= 0.6 is 0 Å². The minimum atomic E-state index is -0.566. The zero-order valence-corrected chi connectivity index (χ0v) is 11.0. The van der Waals surface area contributed by atoms with Crippen molar-refractivity contribution in [3.63, 3.8) is 0 Å². The van der Waals surface area contributed by atoms with Gasteiger partial charge in [-0.3, -0.25) is 4.79 Å². The average Bonchev–Trinajstić information content (AvgIpc) is 2.24. The van der Waals surface area contributed by atoms with Gasteiger partial charge in [-0.25, -0.2) is 0 Å². The molecule has 0 saturated heterocycles. The number of carbonyl (C=O) groups excluding carboxylic acids is 1. The first kappa shape index (κ1) is 14.3. The van der Waals surface area contributed by atoms with Crippen molar-refractivity contribution < 1.29 is 14.3 Å². The molecule has 5 heteroatoms. The molecule has 0 fully saturated rings. The van der Waals surface area contributed by atoms with Gasteiger partial charge >= 0.3 is 0 Å². The molecule has 0 heterocycles. The third-order valence-electron chi connectivity index (χ3n) is 2.21. The summed E-state index contributed by atoms with van der Waals surface area (Å²) in [6.45, 7) is 6.71. The van der Waals surface area contributed by atoms with Crippen molar-refractivity contribution >= 4 is 11.6 Å². The number of anilines is 1. The van der Waals surface area contributed by atoms with E-state index in [1.807, 2.05) is 20.8 Å². The number of benzene rings is 1. The molecule has 0 aliphatic rings. The lowest BCUT2D eigenvalue weighted by atomic mass is 10.1. The summed E-state index contributed by atoms with van der Waals surface area (Å²) in [7, 11) is 0. The highest BCUT2D eigenvalue weighted by atomic mass is 16.5. The van der Waals surface area contributed by atoms with Gasteiger partial charge < -0.3 is 20.9 Å². The third-order valence-corrected chi connectivity index (χ3v) is 2.21. The molecule has 0 spiro atoms. The van der Waals surface area contributed by atoms with E-state index in [4.69, 9.17) is 20.9 Å². The van der Waals surface area contributed by atoms with Crippen LogP contribution in [-0.4, -0.2) is 24.7 Å². The van der Waals surface area contributed by atoms with Crippen molar-refractivity contribution in [2.75, 3.05) is 18.9 Å². The van der Waals surface area contributed by atoms with Crippen molar-refractivity contribution in [3.8, 4) is 5.75 Å². The Bertz CT molecular complexity index is 425. The number of amides is 1. The van der Waals surface area contributed by atoms with Crippen molar-refractivity contribution in [3.05, 3.63) is 23.8 Å². The number of hydrogen-bond acceptors (Lipinski definition) is 4. The summed E-state index contributed by atoms with van der Waals surface area (Å²) in [6, 6.07) is 4.94. The van der Waals surface area contributed by atoms with Crippen LogP contribution in [0.2, 0.25) is 0 Å². The lowest BCUT2D eigenvalue weighted by molar-refractivity contribution is -0.0162. The molecule has 4 N–H and O–H groups in total. The Morgan fingerprint density at radius 3 is 2.50 bits per heavy atom. The highest BCUT2D eigenvalue weighted by molar-refractivity contribution is 5.99. The molecule has 5 nitrogen and oxygen atoms in total. The van der Waals surface area contributed by atoms with E-state index >= 15 is 0 Å². The fourth-order valence-electron chi connectivity index (χ4n) is 1.38. The van der Waals surface area contributed by atoms with E-state index in [9.17, 15) is 4.79 Å². The van der Waals surface area contributed by atoms with Crippen LogP contribution in [0.3, 0.4) is 0 Å². The molecule has 0 atom stereocenters. The summed E-state index contributed by atoms with van der Waals surface area (Å²) in [5, 5.41) is 0. The number of carbonyl (C=O) groups is 1. The predicted molar refractivity (Wildman–Crippen MR) is 70.6 cm³/mol. The molecule has 0 unspecified atom stereocenters. The highest BCUT2D eigenvalue weighted by Crippen LogP contribution is 2.24. The molecule has 18 heavy (non-hydrogen) atoms. The van der Waals surface area contributed by atoms with E-state index in [2.05, 4.69) is 0 Å². The highest BCUT2D eigenvalue weighted by Gasteiger charge is 2.12. The van der Waals surface area contributed by atoms with Gasteiger partial charge in [0.1, 0.15) is 12.4 Å². The van der Waals surface area contributed by atoms with Crippen molar-refractivity contribution in [1.82, 2.24) is 0 Å². The number of nitrogen functional groups attached to an aromatic ring is 1. The molecule has 0 aromatic heterocycles. The average molecular weight is 252 g/mol. The van der Waals surface area contributed by atoms with E-state index in [0.717, 1.165) is 0 Å². The number of para-hydroxylation sites is 1. The van der Waals surface area contributed by atoms with Gasteiger partial charge in [0.15, 0.2) is 0 Å². The Kier molecular flexibility index (Phi) is 4.55. The van der Waals surface area contributed by atoms with Crippen molar-refractivity contribution in [2.24, 2.45) is 5.73 Å². The van der Waals surface area contributed by atoms with Gasteiger partial charge in [0, 0.05) is 0 Å². The maximum atomic E-state index is 11.1. The molecule has 1 rings (SSSR count). The summed E-state index contributed by atoms with van der Waals surface area (Å²) in [5.41, 5.74) is 11.3. The minimum absolute atomic E-state index is 0.204. The molecule has 0 bridgehead atoms. The SMILES string of the molecule is CC(C)(C)OCCOc1cccc(C(N)=O)c1N. The standard InChI is InChI=1S/C13H20N2O3/c1-13(2,3)18-8-7-17-10-6-4-5-9(11(10)14)12(15)16/h4-6H,7-8,14H2,1-3H3,(H2,15,16). The second kappa shape index (κ2) is 5.73. The number of primary amides is 1. The van der Waals surface area contributed by atoms with Crippen LogP contribution in [0.15, 0.2) is 18.2 Å². The number of hydrogen-bond donors (Lipinski definition) is 2. The molecule has 1 aromatic rings. The first-order valence-electron chi connectivity index (χ1n) is 5.76. The fraction of sp³-hybridized carbons (Fsp3) is 0.462. The maximum Gasteiger partial charge on any atom is 0.250 e. The Morgan fingerprint density at radius 2 is 1.94 bits per heavy atom. The van der Waals surface area contributed by atoms with E-state index in [1.54, 1.807) is 18.2 Å². The van der Waals surface area contributed by atoms with Gasteiger partial charge in [-0.2, -0.15) is 0 Å². The molecular weight excluding hydrogens is 232 g/mol. The first-order chi connectivity index (χ1) is 8.31. The van der Waals surface area contributed by atoms with Crippen LogP contribution in [0, 0.1) is 0 Å². The van der Waals surface area contributed by atoms with Gasteiger partial charge in [0.25, 0.3) is 5.91 Å². The smallest absolute Gasteiger partial charge is 0.250 e. The predicted octanol–water partition coefficient (Wildman–Crippen LogP) is 1.56. The molecule has 0 saturated carbocycles. The lowest BCUT2D eigenvalue weighted by Crippen LogP contribution is -2.22. The van der Waals surface area contributed by atoms with Crippen LogP contribution in [0.25, 0.3) is 0 Å². The van der Waals surface area contributed by atoms with Gasteiger partial charge in [-0.15, -0.1) is 0 Å². The molecule has 0 aliphatic carbocycles. The number of nitrogens with two attached hydrogens (primary N) is 2. The van der Waals surface area contributed by atoms with Gasteiger partial charge in [-0.05, 0) is 32.9 Å². The summed E-state index contributed by atoms with van der Waals surface area (Å²) < 4.78 is 11.0. The topological polar surface area (TPSA) is 87.6 Å². The summed E-state index contributed by atoms with van der Waals surface area (Å²) in [4.78, 5) is 11.1. The Labute approximate surface area is 107 Å². The van der Waals surface area contributed by atoms with Crippen molar-refractivity contribution in [2.45, 2.75) is 26.4 Å². The second-order valence-corrected chi connectivity index (χ2v) is 4.89. The molecular formula is C13H20N2O3. The number of rotatable bonds is 5. The minimum Gasteiger partial charge on any atom is -0.489 e. The molecule has 1 aromatic carbocycles. The van der Waals surface area contributed by atoms with Crippen molar-refractivity contribution in [1.29, 1.82) is 0 Å². The Balaban J connectivity index is 2.58. The monoisotopic (exact) mass is 252 g/mol. The second-order valence-electron chi connectivity index (χ2n) is 4.89. The molecule has 0 aliphatic heterocycles. The maximum absolute atomic E-state index is 11.1. The quantitative estimate of drug-likeness (QED) is 0.615. The van der Waals surface area contributed by atoms with Gasteiger partial charge in [-0.1, -0.05) is 6.07 Å². The van der Waals surface area contributed by atoms with Crippen LogP contribution in [0.4, 0.5) is 5.69 Å². The van der Waals surface area contributed by atoms with E-state index in [0.29, 0.717) is 19.0 Å². The summed E-state index contributed by atoms with van der Waals surface area (Å²) in [6.07, 6.45) is 0. The van der Waals surface area contributed by atoms with Crippen LogP contribution < -0.4 is 16.2 Å². The summed E-state index contributed by atoms with van der Waals surface area (Å²) >= 11 is 0. The van der Waals surface area contributed by atoms with Gasteiger partial charge in [0.2, 0.25) is 0 Å². The zero-order chi connectivity index (χ0) is 13.8. The largest absolute Gasteiger partial charge is 0.489 e. The van der Waals surface area contributed by atoms with E-state index < -0.39 is 5.91 Å². The molecule has 1 amide bonds. The normalized spacial score (nSPS) is 11.3. The van der Waals surface area contributed by atoms with Crippen LogP contribution in [0.1, 0.15) is 31.1 Å². The molecule has 0 radical (unpaired) electrons. The Hall–Kier alpha value is -1.75. The van der Waals surface area contributed by atoms with E-state index in [-0.39, 0.29) is 16.9 Å². The zero-order valence-electron chi connectivity index (χ0n) is 11.0. The van der Waals surface area contributed by atoms with E-state index in [1.165, 1.54) is 0 Å². The van der Waals surface area contributed by atoms with Crippen LogP contribution in [0.5, 0.6) is 5.75 Å². The third kappa shape index (κ3) is 4.25. The first-order valence-corrected chi connectivity index (χ1v) is 5.76. The van der Waals surface area contributed by atoms with Crippen LogP contribution in [-0.2, 0) is 4.74 Å². The summed E-state index contributed by atoms with van der Waals surface area (Å²) in [5.74, 6) is -0.118. The lowest BCUT2D eigenvalue weighted by Gasteiger charge is -2.19. The van der Waals surface area contributed by atoms with Gasteiger partial charge in [0.05, 0.1) is 23.5 Å². The number of ether oxygens (including phenoxy) is 2. The fourth-order valence-corrected chi connectivity index (χ4v) is 1.38.